The summed E-state index contributed by atoms with van der Waals surface area (Å²) in [6, 6.07) is -0.846. The first kappa shape index (κ1) is 30.3. The van der Waals surface area contributed by atoms with E-state index in [1.807, 2.05) is 41.5 Å². The zero-order chi connectivity index (χ0) is 28.7. The minimum Gasteiger partial charge on any atom is -0.444 e. The normalized spacial score (nSPS) is 22.3. The van der Waals surface area contributed by atoms with E-state index in [9.17, 15) is 18.0 Å². The number of aromatic nitrogens is 2. The first-order chi connectivity index (χ1) is 17.3. The minimum atomic E-state index is -3.92. The van der Waals surface area contributed by atoms with Gasteiger partial charge in [0.15, 0.2) is 0 Å². The van der Waals surface area contributed by atoms with Crippen molar-refractivity contribution in [3.8, 4) is 0 Å². The fraction of sp³-hybridized carbons (Fsp3) is 0.760. The first-order valence-electron chi connectivity index (χ1n) is 13.0. The highest BCUT2D eigenvalue weighted by Crippen LogP contribution is 2.36. The second-order valence-corrected chi connectivity index (χ2v) is 14.5. The van der Waals surface area contributed by atoms with E-state index in [0.717, 1.165) is 0 Å². The van der Waals surface area contributed by atoms with Gasteiger partial charge in [0.25, 0.3) is 0 Å². The molecule has 1 N–H and O–H groups in total. The minimum absolute atomic E-state index is 0.0112. The number of hydrogen-bond donors (Lipinski definition) is 1. The van der Waals surface area contributed by atoms with Gasteiger partial charge >= 0.3 is 13.2 Å². The van der Waals surface area contributed by atoms with Gasteiger partial charge in [-0.1, -0.05) is 13.8 Å². The summed E-state index contributed by atoms with van der Waals surface area (Å²) >= 11 is 0. The molecule has 38 heavy (non-hydrogen) atoms. The Labute approximate surface area is 226 Å². The Hall–Kier alpha value is -2.25. The van der Waals surface area contributed by atoms with E-state index in [1.54, 1.807) is 20.8 Å². The maximum atomic E-state index is 13.4. The number of piperidine rings is 1. The highest BCUT2D eigenvalue weighted by molar-refractivity contribution is 7.91. The zero-order valence-electron chi connectivity index (χ0n) is 23.9. The molecule has 1 aromatic heterocycles. The third-order valence-electron chi connectivity index (χ3n) is 7.16. The van der Waals surface area contributed by atoms with Crippen LogP contribution in [0.25, 0.3) is 0 Å². The Morgan fingerprint density at radius 2 is 1.68 bits per heavy atom. The molecule has 2 fully saturated rings. The standard InChI is InChI=1S/C25H41BN4O7S/c1-16(2)19(29-22(32)35-23(3,4)5)20(31)30-12-10-11-18(15-30)38(33,34)21-27-13-17(14-28-21)26-36-24(6,7)25(8,9)37-26/h13-14,16,18-19H,10-12,15H2,1-9H3,(H,29,32)/t18-,19+/m0/s1. The smallest absolute Gasteiger partial charge is 0.444 e. The van der Waals surface area contributed by atoms with Crippen molar-refractivity contribution in [2.45, 2.75) is 108 Å². The number of carbonyl (C=O) groups is 2. The number of likely N-dealkylation sites (tertiary alicyclic amines) is 1. The number of nitrogens with zero attached hydrogens (tertiary/aromatic N) is 3. The van der Waals surface area contributed by atoms with Crippen molar-refractivity contribution >= 4 is 34.4 Å². The predicted molar refractivity (Wildman–Crippen MR) is 143 cm³/mol. The van der Waals surface area contributed by atoms with Crippen molar-refractivity contribution < 1.29 is 32.1 Å². The molecule has 0 bridgehead atoms. The lowest BCUT2D eigenvalue weighted by Crippen LogP contribution is -2.55. The van der Waals surface area contributed by atoms with Crippen molar-refractivity contribution in [2.24, 2.45) is 5.92 Å². The molecule has 3 rings (SSSR count). The molecule has 2 amide bonds. The second kappa shape index (κ2) is 10.7. The summed E-state index contributed by atoms with van der Waals surface area (Å²) in [6.07, 6.45) is 3.00. The molecule has 2 atom stereocenters. The fourth-order valence-corrected chi connectivity index (χ4v) is 5.81. The molecular formula is C25H41BN4O7S. The molecule has 2 aliphatic heterocycles. The van der Waals surface area contributed by atoms with Crippen LogP contribution >= 0.6 is 0 Å². The summed E-state index contributed by atoms with van der Waals surface area (Å²) in [7, 11) is -4.62. The first-order valence-corrected chi connectivity index (χ1v) is 14.6. The van der Waals surface area contributed by atoms with E-state index in [1.165, 1.54) is 17.3 Å². The van der Waals surface area contributed by atoms with E-state index in [0.29, 0.717) is 24.8 Å². The summed E-state index contributed by atoms with van der Waals surface area (Å²) < 4.78 is 44.1. The van der Waals surface area contributed by atoms with E-state index in [4.69, 9.17) is 14.0 Å². The lowest BCUT2D eigenvalue weighted by Gasteiger charge is -2.35. The van der Waals surface area contributed by atoms with Gasteiger partial charge in [-0.05, 0) is 67.2 Å². The molecule has 0 radical (unpaired) electrons. The van der Waals surface area contributed by atoms with E-state index in [2.05, 4.69) is 15.3 Å². The van der Waals surface area contributed by atoms with E-state index < -0.39 is 51.1 Å². The largest absolute Gasteiger partial charge is 0.498 e. The number of alkyl carbamates (subject to hydrolysis) is 1. The third kappa shape index (κ3) is 6.66. The lowest BCUT2D eigenvalue weighted by atomic mass is 9.81. The lowest BCUT2D eigenvalue weighted by molar-refractivity contribution is -0.135. The third-order valence-corrected chi connectivity index (χ3v) is 9.14. The van der Waals surface area contributed by atoms with E-state index in [-0.39, 0.29) is 23.5 Å². The van der Waals surface area contributed by atoms with Gasteiger partial charge in [0.05, 0.1) is 16.5 Å². The van der Waals surface area contributed by atoms with Gasteiger partial charge in [-0.3, -0.25) is 4.79 Å². The Morgan fingerprint density at radius 1 is 1.13 bits per heavy atom. The van der Waals surface area contributed by atoms with Gasteiger partial charge in [0.2, 0.25) is 20.9 Å². The Morgan fingerprint density at radius 3 is 2.18 bits per heavy atom. The van der Waals surface area contributed by atoms with Crippen LogP contribution in [0.4, 0.5) is 4.79 Å². The highest BCUT2D eigenvalue weighted by Gasteiger charge is 2.52. The zero-order valence-corrected chi connectivity index (χ0v) is 24.7. The summed E-state index contributed by atoms with van der Waals surface area (Å²) in [5.41, 5.74) is -1.29. The quantitative estimate of drug-likeness (QED) is 0.415. The summed E-state index contributed by atoms with van der Waals surface area (Å²) in [5.74, 6) is -0.569. The van der Waals surface area contributed by atoms with Crippen molar-refractivity contribution in [3.05, 3.63) is 12.4 Å². The number of carbonyl (C=O) groups excluding carboxylic acids is 2. The fourth-order valence-electron chi connectivity index (χ4n) is 4.26. The number of ether oxygens (including phenoxy) is 1. The molecule has 11 nitrogen and oxygen atoms in total. The van der Waals surface area contributed by atoms with Gasteiger partial charge in [0.1, 0.15) is 11.6 Å². The number of amides is 2. The molecule has 2 aliphatic rings. The molecule has 0 saturated carbocycles. The van der Waals surface area contributed by atoms with Crippen LogP contribution in [0.3, 0.4) is 0 Å². The van der Waals surface area contributed by atoms with E-state index >= 15 is 0 Å². The topological polar surface area (TPSA) is 137 Å². The molecule has 2 saturated heterocycles. The Kier molecular flexibility index (Phi) is 8.55. The van der Waals surface area contributed by atoms with Gasteiger partial charge in [-0.25, -0.2) is 23.2 Å². The van der Waals surface area contributed by atoms with Gasteiger partial charge in [0, 0.05) is 30.9 Å². The van der Waals surface area contributed by atoms with Crippen LogP contribution < -0.4 is 10.8 Å². The predicted octanol–water partition coefficient (Wildman–Crippen LogP) is 2.09. The molecule has 0 unspecified atom stereocenters. The van der Waals surface area contributed by atoms with Crippen LogP contribution in [0.5, 0.6) is 0 Å². The molecule has 0 spiro atoms. The average Bonchev–Trinajstić information content (AvgIpc) is 3.02. The number of sulfone groups is 1. The summed E-state index contributed by atoms with van der Waals surface area (Å²) in [5, 5.41) is 1.48. The SMILES string of the molecule is CC(C)[C@@H](NC(=O)OC(C)(C)C)C(=O)N1CCC[C@H](S(=O)(=O)c2ncc(B3OC(C)(C)C(C)(C)O3)cn2)C1. The Balaban J connectivity index is 1.72. The second-order valence-electron chi connectivity index (χ2n) is 12.3. The van der Waals surface area contributed by atoms with Gasteiger partial charge < -0.3 is 24.3 Å². The van der Waals surface area contributed by atoms with Gasteiger partial charge in [-0.15, -0.1) is 0 Å². The van der Waals surface area contributed by atoms with Crippen molar-refractivity contribution in [1.29, 1.82) is 0 Å². The number of rotatable bonds is 6. The van der Waals surface area contributed by atoms with Gasteiger partial charge in [-0.2, -0.15) is 0 Å². The molecule has 212 valence electrons. The number of nitrogens with one attached hydrogen (secondary N) is 1. The van der Waals surface area contributed by atoms with Crippen LogP contribution in [0.15, 0.2) is 17.6 Å². The van der Waals surface area contributed by atoms with Crippen LogP contribution in [0, 0.1) is 5.92 Å². The van der Waals surface area contributed by atoms with Crippen LogP contribution in [0.1, 0.15) is 75.2 Å². The summed E-state index contributed by atoms with van der Waals surface area (Å²) in [6.45, 7) is 16.9. The monoisotopic (exact) mass is 552 g/mol. The highest BCUT2D eigenvalue weighted by atomic mass is 32.2. The molecule has 0 aliphatic carbocycles. The Bertz CT molecular complexity index is 1120. The molecule has 13 heteroatoms. The summed E-state index contributed by atoms with van der Waals surface area (Å²) in [4.78, 5) is 35.4. The van der Waals surface area contributed by atoms with Crippen molar-refractivity contribution in [1.82, 2.24) is 20.2 Å². The molecule has 0 aromatic carbocycles. The maximum absolute atomic E-state index is 13.4. The average molecular weight is 553 g/mol. The van der Waals surface area contributed by atoms with Crippen molar-refractivity contribution in [3.63, 3.8) is 0 Å². The molecule has 3 heterocycles. The van der Waals surface area contributed by atoms with Crippen molar-refractivity contribution in [2.75, 3.05) is 13.1 Å². The number of hydrogen-bond acceptors (Lipinski definition) is 9. The van der Waals surface area contributed by atoms with Crippen LogP contribution in [-0.4, -0.2) is 83.6 Å². The molecular weight excluding hydrogens is 511 g/mol. The van der Waals surface area contributed by atoms with Crippen LogP contribution in [0.2, 0.25) is 0 Å². The maximum Gasteiger partial charge on any atom is 0.498 e. The molecule has 1 aromatic rings. The van der Waals surface area contributed by atoms with Crippen LogP contribution in [-0.2, 0) is 28.7 Å².